The summed E-state index contributed by atoms with van der Waals surface area (Å²) in [6, 6.07) is 6.13. The number of carbonyl (C=O) groups excluding carboxylic acids is 1. The number of rotatable bonds is 3. The molecule has 0 saturated heterocycles. The Morgan fingerprint density at radius 2 is 2.05 bits per heavy atom. The molecule has 1 aromatic heterocycles. The summed E-state index contributed by atoms with van der Waals surface area (Å²) >= 11 is 0. The minimum Gasteiger partial charge on any atom is -0.310 e. The molecule has 108 valence electrons. The zero-order chi connectivity index (χ0) is 14.8. The van der Waals surface area contributed by atoms with Gasteiger partial charge in [-0.1, -0.05) is 18.2 Å². The van der Waals surface area contributed by atoms with Gasteiger partial charge in [0.2, 0.25) is 5.91 Å². The maximum atomic E-state index is 12.2. The Kier molecular flexibility index (Phi) is 3.69. The van der Waals surface area contributed by atoms with Crippen LogP contribution in [-0.2, 0) is 24.1 Å². The Labute approximate surface area is 124 Å². The lowest BCUT2D eigenvalue weighted by Crippen LogP contribution is -2.17. The summed E-state index contributed by atoms with van der Waals surface area (Å²) < 4.78 is 0. The lowest BCUT2D eigenvalue weighted by Gasteiger charge is -2.09. The molecule has 1 aliphatic rings. The molecule has 1 N–H and O–H groups in total. The molecular weight excluding hydrogens is 262 g/mol. The fraction of sp³-hybridized carbons (Fsp3) is 0.353. The van der Waals surface area contributed by atoms with Gasteiger partial charge in [-0.15, -0.1) is 0 Å². The first-order valence-corrected chi connectivity index (χ1v) is 7.32. The van der Waals surface area contributed by atoms with E-state index in [1.165, 1.54) is 17.5 Å². The zero-order valence-electron chi connectivity index (χ0n) is 12.4. The number of aromatic nitrogens is 2. The first-order chi connectivity index (χ1) is 10.1. The third-order valence-corrected chi connectivity index (χ3v) is 4.07. The molecule has 0 saturated carbocycles. The minimum absolute atomic E-state index is 0.0222. The van der Waals surface area contributed by atoms with E-state index in [-0.39, 0.29) is 5.91 Å². The van der Waals surface area contributed by atoms with Crippen molar-refractivity contribution >= 4 is 11.7 Å². The highest BCUT2D eigenvalue weighted by Gasteiger charge is 2.18. The van der Waals surface area contributed by atoms with E-state index < -0.39 is 0 Å². The van der Waals surface area contributed by atoms with Crippen molar-refractivity contribution in [2.45, 2.75) is 39.5 Å². The number of carbonyl (C=O) groups is 1. The molecule has 2 aromatic rings. The fourth-order valence-corrected chi connectivity index (χ4v) is 2.74. The Hall–Kier alpha value is -2.23. The predicted octanol–water partition coefficient (Wildman–Crippen LogP) is 2.76. The minimum atomic E-state index is -0.0222. The van der Waals surface area contributed by atoms with Gasteiger partial charge >= 0.3 is 0 Å². The number of anilines is 1. The maximum absolute atomic E-state index is 12.2. The van der Waals surface area contributed by atoms with E-state index in [1.54, 1.807) is 0 Å². The molecule has 4 nitrogen and oxygen atoms in total. The van der Waals surface area contributed by atoms with Crippen LogP contribution in [-0.4, -0.2) is 15.9 Å². The van der Waals surface area contributed by atoms with Crippen LogP contribution in [0.25, 0.3) is 0 Å². The van der Waals surface area contributed by atoms with E-state index in [0.717, 1.165) is 36.1 Å². The van der Waals surface area contributed by atoms with Crippen molar-refractivity contribution in [2.24, 2.45) is 0 Å². The second kappa shape index (κ2) is 5.64. The molecule has 1 aliphatic carbocycles. The summed E-state index contributed by atoms with van der Waals surface area (Å²) in [5.41, 5.74) is 5.66. The van der Waals surface area contributed by atoms with Crippen LogP contribution < -0.4 is 5.32 Å². The molecule has 0 bridgehead atoms. The SMILES string of the molecule is Cc1ccc(CC(=O)Nc2ncnc3c2CCC3)cc1C. The molecule has 1 amide bonds. The van der Waals surface area contributed by atoms with Crippen LogP contribution in [0.2, 0.25) is 0 Å². The van der Waals surface area contributed by atoms with Gasteiger partial charge in [0.1, 0.15) is 12.1 Å². The molecule has 0 aliphatic heterocycles. The standard InChI is InChI=1S/C17H19N3O/c1-11-6-7-13(8-12(11)2)9-16(21)20-17-14-4-3-5-15(14)18-10-19-17/h6-8,10H,3-5,9H2,1-2H3,(H,18,19,20,21). The molecule has 0 unspecified atom stereocenters. The normalized spacial score (nSPS) is 13.0. The number of fused-ring (bicyclic) bond motifs is 1. The first kappa shape index (κ1) is 13.7. The molecule has 0 radical (unpaired) electrons. The molecule has 0 spiro atoms. The van der Waals surface area contributed by atoms with E-state index in [9.17, 15) is 4.79 Å². The van der Waals surface area contributed by atoms with Gasteiger partial charge in [0.05, 0.1) is 6.42 Å². The second-order valence-electron chi connectivity index (χ2n) is 5.64. The molecule has 1 heterocycles. The lowest BCUT2D eigenvalue weighted by atomic mass is 10.0. The van der Waals surface area contributed by atoms with Gasteiger partial charge in [-0.3, -0.25) is 4.79 Å². The molecule has 1 aromatic carbocycles. The number of nitrogens with zero attached hydrogens (tertiary/aromatic N) is 2. The smallest absolute Gasteiger partial charge is 0.229 e. The molecule has 0 atom stereocenters. The van der Waals surface area contributed by atoms with Crippen LogP contribution in [0.1, 0.15) is 34.4 Å². The highest BCUT2D eigenvalue weighted by Crippen LogP contribution is 2.25. The Balaban J connectivity index is 1.72. The van der Waals surface area contributed by atoms with Crippen molar-refractivity contribution in [3.8, 4) is 0 Å². The van der Waals surface area contributed by atoms with Crippen LogP contribution in [0.5, 0.6) is 0 Å². The molecule has 3 rings (SSSR count). The molecule has 4 heteroatoms. The third kappa shape index (κ3) is 2.94. The van der Waals surface area contributed by atoms with E-state index in [4.69, 9.17) is 0 Å². The average Bonchev–Trinajstić information content (AvgIpc) is 2.92. The van der Waals surface area contributed by atoms with Gasteiger partial charge < -0.3 is 5.32 Å². The van der Waals surface area contributed by atoms with Gasteiger partial charge in [-0.25, -0.2) is 9.97 Å². The first-order valence-electron chi connectivity index (χ1n) is 7.32. The molecular formula is C17H19N3O. The summed E-state index contributed by atoms with van der Waals surface area (Å²) in [4.78, 5) is 20.7. The highest BCUT2D eigenvalue weighted by atomic mass is 16.1. The summed E-state index contributed by atoms with van der Waals surface area (Å²) in [7, 11) is 0. The van der Waals surface area contributed by atoms with Crippen molar-refractivity contribution in [2.75, 3.05) is 5.32 Å². The van der Waals surface area contributed by atoms with Gasteiger partial charge in [0, 0.05) is 11.3 Å². The van der Waals surface area contributed by atoms with Gasteiger partial charge in [-0.05, 0) is 49.8 Å². The molecule has 0 fully saturated rings. The monoisotopic (exact) mass is 281 g/mol. The third-order valence-electron chi connectivity index (χ3n) is 4.07. The largest absolute Gasteiger partial charge is 0.310 e. The van der Waals surface area contributed by atoms with Crippen LogP contribution in [0.3, 0.4) is 0 Å². The van der Waals surface area contributed by atoms with Crippen LogP contribution in [0, 0.1) is 13.8 Å². The quantitative estimate of drug-likeness (QED) is 0.941. The maximum Gasteiger partial charge on any atom is 0.229 e. The van der Waals surface area contributed by atoms with E-state index >= 15 is 0 Å². The van der Waals surface area contributed by atoms with Gasteiger partial charge in [0.15, 0.2) is 0 Å². The van der Waals surface area contributed by atoms with Crippen molar-refractivity contribution in [3.05, 3.63) is 52.5 Å². The summed E-state index contributed by atoms with van der Waals surface area (Å²) in [6.45, 7) is 4.14. The highest BCUT2D eigenvalue weighted by molar-refractivity contribution is 5.92. The van der Waals surface area contributed by atoms with Crippen molar-refractivity contribution in [1.82, 2.24) is 9.97 Å². The number of aryl methyl sites for hydroxylation is 3. The van der Waals surface area contributed by atoms with Crippen molar-refractivity contribution < 1.29 is 4.79 Å². The summed E-state index contributed by atoms with van der Waals surface area (Å²) in [5, 5.41) is 2.93. The lowest BCUT2D eigenvalue weighted by molar-refractivity contribution is -0.115. The molecule has 21 heavy (non-hydrogen) atoms. The van der Waals surface area contributed by atoms with E-state index in [0.29, 0.717) is 12.2 Å². The topological polar surface area (TPSA) is 54.9 Å². The van der Waals surface area contributed by atoms with Crippen LogP contribution in [0.15, 0.2) is 24.5 Å². The van der Waals surface area contributed by atoms with Crippen molar-refractivity contribution in [3.63, 3.8) is 0 Å². The Bertz CT molecular complexity index is 694. The number of hydrogen-bond donors (Lipinski definition) is 1. The van der Waals surface area contributed by atoms with Gasteiger partial charge in [-0.2, -0.15) is 0 Å². The van der Waals surface area contributed by atoms with Crippen LogP contribution >= 0.6 is 0 Å². The summed E-state index contributed by atoms with van der Waals surface area (Å²) in [6.07, 6.45) is 4.94. The predicted molar refractivity (Wildman–Crippen MR) is 82.3 cm³/mol. The number of nitrogens with one attached hydrogen (secondary N) is 1. The van der Waals surface area contributed by atoms with Crippen LogP contribution in [0.4, 0.5) is 5.82 Å². The summed E-state index contributed by atoms with van der Waals surface area (Å²) in [5.74, 6) is 0.664. The average molecular weight is 281 g/mol. The van der Waals surface area contributed by atoms with Gasteiger partial charge in [0.25, 0.3) is 0 Å². The fourth-order valence-electron chi connectivity index (χ4n) is 2.74. The Morgan fingerprint density at radius 3 is 2.86 bits per heavy atom. The zero-order valence-corrected chi connectivity index (χ0v) is 12.4. The van der Waals surface area contributed by atoms with E-state index in [1.807, 2.05) is 6.07 Å². The van der Waals surface area contributed by atoms with Crippen molar-refractivity contribution in [1.29, 1.82) is 0 Å². The van der Waals surface area contributed by atoms with E-state index in [2.05, 4.69) is 41.3 Å². The number of benzene rings is 1. The Morgan fingerprint density at radius 1 is 1.19 bits per heavy atom. The number of hydrogen-bond acceptors (Lipinski definition) is 3. The number of amides is 1. The second-order valence-corrected chi connectivity index (χ2v) is 5.64.